The van der Waals surface area contributed by atoms with E-state index in [1.165, 1.54) is 6.08 Å². The summed E-state index contributed by atoms with van der Waals surface area (Å²) >= 11 is 8.32. The van der Waals surface area contributed by atoms with Gasteiger partial charge in [0.05, 0.1) is 16.4 Å². The molecule has 1 aromatic heterocycles. The lowest BCUT2D eigenvalue weighted by molar-refractivity contribution is -0.111. The first kappa shape index (κ1) is 14.4. The zero-order valence-corrected chi connectivity index (χ0v) is 14.0. The molecule has 1 heterocycles. The van der Waals surface area contributed by atoms with Crippen LogP contribution >= 0.6 is 43.2 Å². The van der Waals surface area contributed by atoms with E-state index >= 15 is 0 Å². The van der Waals surface area contributed by atoms with Crippen molar-refractivity contribution in [2.24, 2.45) is 0 Å². The Labute approximate surface area is 132 Å². The van der Waals surface area contributed by atoms with Gasteiger partial charge in [-0.25, -0.2) is 4.98 Å². The number of thiazole rings is 1. The fourth-order valence-electron chi connectivity index (χ4n) is 1.38. The van der Waals surface area contributed by atoms with Crippen LogP contribution in [0.25, 0.3) is 6.08 Å². The van der Waals surface area contributed by atoms with Crippen LogP contribution in [0.1, 0.15) is 10.7 Å². The number of hydrogen-bond acceptors (Lipinski definition) is 3. The third-order valence-electron chi connectivity index (χ3n) is 2.23. The Kier molecular flexibility index (Phi) is 4.90. The van der Waals surface area contributed by atoms with Gasteiger partial charge in [0, 0.05) is 20.4 Å². The third kappa shape index (κ3) is 4.26. The second-order valence-electron chi connectivity index (χ2n) is 3.74. The van der Waals surface area contributed by atoms with Crippen molar-refractivity contribution in [2.75, 3.05) is 5.32 Å². The number of hydrogen-bond donors (Lipinski definition) is 1. The molecule has 0 aliphatic heterocycles. The van der Waals surface area contributed by atoms with Crippen LogP contribution in [0.15, 0.2) is 38.6 Å². The molecule has 0 aliphatic carbocycles. The van der Waals surface area contributed by atoms with Crippen LogP contribution in [-0.4, -0.2) is 10.9 Å². The average molecular weight is 402 g/mol. The molecule has 1 N–H and O–H groups in total. The van der Waals surface area contributed by atoms with Crippen LogP contribution in [0.4, 0.5) is 5.69 Å². The number of aromatic nitrogens is 1. The van der Waals surface area contributed by atoms with Gasteiger partial charge in [-0.1, -0.05) is 15.9 Å². The molecule has 0 bridgehead atoms. The van der Waals surface area contributed by atoms with Gasteiger partial charge in [0.25, 0.3) is 0 Å². The summed E-state index contributed by atoms with van der Waals surface area (Å²) in [5.41, 5.74) is 1.53. The Morgan fingerprint density at radius 1 is 1.42 bits per heavy atom. The number of anilines is 1. The van der Waals surface area contributed by atoms with Crippen LogP contribution in [0.5, 0.6) is 0 Å². The molecule has 0 atom stereocenters. The Hall–Kier alpha value is -0.980. The van der Waals surface area contributed by atoms with Gasteiger partial charge in [-0.2, -0.15) is 0 Å². The number of carbonyl (C=O) groups excluding carboxylic acids is 1. The molecule has 0 unspecified atom stereocenters. The second-order valence-corrected chi connectivity index (χ2v) is 6.57. The van der Waals surface area contributed by atoms with Gasteiger partial charge in [-0.3, -0.25) is 4.79 Å². The van der Waals surface area contributed by atoms with E-state index in [0.29, 0.717) is 0 Å². The summed E-state index contributed by atoms with van der Waals surface area (Å²) in [7, 11) is 0. The van der Waals surface area contributed by atoms with E-state index in [1.807, 2.05) is 30.5 Å². The molecular formula is C13H10Br2N2OS. The summed E-state index contributed by atoms with van der Waals surface area (Å²) in [6.45, 7) is 1.93. The quantitative estimate of drug-likeness (QED) is 0.761. The predicted molar refractivity (Wildman–Crippen MR) is 86.4 cm³/mol. The molecule has 0 saturated heterocycles. The lowest BCUT2D eigenvalue weighted by atomic mass is 10.3. The number of benzene rings is 1. The fraction of sp³-hybridized carbons (Fsp3) is 0.0769. The number of aryl methyl sites for hydroxylation is 1. The summed E-state index contributed by atoms with van der Waals surface area (Å²) in [5.74, 6) is -0.186. The molecule has 0 radical (unpaired) electrons. The minimum atomic E-state index is -0.186. The molecule has 0 fully saturated rings. The van der Waals surface area contributed by atoms with Gasteiger partial charge in [0.1, 0.15) is 0 Å². The van der Waals surface area contributed by atoms with Crippen LogP contribution in [0, 0.1) is 6.92 Å². The van der Waals surface area contributed by atoms with Gasteiger partial charge < -0.3 is 5.32 Å². The Bertz CT molecular complexity index is 637. The van der Waals surface area contributed by atoms with Crippen molar-refractivity contribution in [3.05, 3.63) is 49.3 Å². The topological polar surface area (TPSA) is 42.0 Å². The summed E-state index contributed by atoms with van der Waals surface area (Å²) in [6.07, 6.45) is 3.18. The summed E-state index contributed by atoms with van der Waals surface area (Å²) in [4.78, 5) is 16.0. The minimum Gasteiger partial charge on any atom is -0.321 e. The number of halogens is 2. The van der Waals surface area contributed by atoms with Gasteiger partial charge >= 0.3 is 0 Å². The van der Waals surface area contributed by atoms with Crippen molar-refractivity contribution in [1.29, 1.82) is 0 Å². The molecule has 6 heteroatoms. The number of nitrogens with one attached hydrogen (secondary N) is 1. The second kappa shape index (κ2) is 6.45. The lowest BCUT2D eigenvalue weighted by Crippen LogP contribution is -2.08. The van der Waals surface area contributed by atoms with Gasteiger partial charge in [0.2, 0.25) is 5.91 Å². The lowest BCUT2D eigenvalue weighted by Gasteiger charge is -2.05. The van der Waals surface area contributed by atoms with Crippen molar-refractivity contribution < 1.29 is 4.79 Å². The molecule has 0 saturated carbocycles. The molecule has 0 aliphatic rings. The molecular weight excluding hydrogens is 392 g/mol. The maximum Gasteiger partial charge on any atom is 0.248 e. The van der Waals surface area contributed by atoms with Gasteiger partial charge in [0.15, 0.2) is 0 Å². The number of rotatable bonds is 3. The number of carbonyl (C=O) groups is 1. The largest absolute Gasteiger partial charge is 0.321 e. The Balaban J connectivity index is 2.03. The highest BCUT2D eigenvalue weighted by Gasteiger charge is 2.03. The fourth-order valence-corrected chi connectivity index (χ4v) is 3.11. The maximum absolute atomic E-state index is 11.8. The minimum absolute atomic E-state index is 0.186. The average Bonchev–Trinajstić information content (AvgIpc) is 2.76. The zero-order chi connectivity index (χ0) is 13.8. The third-order valence-corrected chi connectivity index (χ3v) is 4.17. The van der Waals surface area contributed by atoms with E-state index in [9.17, 15) is 4.79 Å². The molecule has 1 aromatic carbocycles. The smallest absolute Gasteiger partial charge is 0.248 e. The van der Waals surface area contributed by atoms with Gasteiger partial charge in [-0.15, -0.1) is 11.3 Å². The number of nitrogens with zero attached hydrogens (tertiary/aromatic N) is 1. The predicted octanol–water partition coefficient (Wildman–Crippen LogP) is 4.63. The normalized spacial score (nSPS) is 10.9. The molecule has 2 rings (SSSR count). The summed E-state index contributed by atoms with van der Waals surface area (Å²) < 4.78 is 1.78. The van der Waals surface area contributed by atoms with E-state index in [-0.39, 0.29) is 5.91 Å². The molecule has 19 heavy (non-hydrogen) atoms. The van der Waals surface area contributed by atoms with E-state index in [0.717, 1.165) is 25.3 Å². The van der Waals surface area contributed by atoms with Gasteiger partial charge in [-0.05, 0) is 47.1 Å². The van der Waals surface area contributed by atoms with E-state index < -0.39 is 0 Å². The zero-order valence-electron chi connectivity index (χ0n) is 9.98. The summed E-state index contributed by atoms with van der Waals surface area (Å²) in [5, 5.41) is 5.69. The monoisotopic (exact) mass is 400 g/mol. The van der Waals surface area contributed by atoms with E-state index in [1.54, 1.807) is 17.4 Å². The first-order valence-corrected chi connectivity index (χ1v) is 7.87. The summed E-state index contributed by atoms with van der Waals surface area (Å²) in [6, 6.07) is 5.57. The maximum atomic E-state index is 11.8. The first-order valence-electron chi connectivity index (χ1n) is 5.41. The highest BCUT2D eigenvalue weighted by Crippen LogP contribution is 2.26. The Morgan fingerprint density at radius 3 is 2.84 bits per heavy atom. The first-order chi connectivity index (χ1) is 9.04. The molecule has 2 aromatic rings. The Morgan fingerprint density at radius 2 is 2.21 bits per heavy atom. The molecule has 3 nitrogen and oxygen atoms in total. The van der Waals surface area contributed by atoms with Crippen molar-refractivity contribution in [3.8, 4) is 0 Å². The molecule has 98 valence electrons. The molecule has 1 amide bonds. The van der Waals surface area contributed by atoms with Crippen LogP contribution in [-0.2, 0) is 4.79 Å². The molecule has 0 spiro atoms. The van der Waals surface area contributed by atoms with Crippen LogP contribution in [0.3, 0.4) is 0 Å². The highest BCUT2D eigenvalue weighted by atomic mass is 79.9. The van der Waals surface area contributed by atoms with E-state index in [2.05, 4.69) is 42.2 Å². The van der Waals surface area contributed by atoms with Crippen LogP contribution in [0.2, 0.25) is 0 Å². The number of amides is 1. The van der Waals surface area contributed by atoms with Crippen molar-refractivity contribution in [2.45, 2.75) is 6.92 Å². The standard InChI is InChI=1S/C13H10Br2N2OS/c1-8-16-10(7-19-8)3-5-13(18)17-12-4-2-9(14)6-11(12)15/h2-7H,1H3,(H,17,18)/b5-3+. The SMILES string of the molecule is Cc1nc(/C=C/C(=O)Nc2ccc(Br)cc2Br)cs1. The van der Waals surface area contributed by atoms with Crippen molar-refractivity contribution in [1.82, 2.24) is 4.98 Å². The van der Waals surface area contributed by atoms with Crippen LogP contribution < -0.4 is 5.32 Å². The van der Waals surface area contributed by atoms with Crippen molar-refractivity contribution >= 4 is 60.9 Å². The van der Waals surface area contributed by atoms with Crippen molar-refractivity contribution in [3.63, 3.8) is 0 Å². The highest BCUT2D eigenvalue weighted by molar-refractivity contribution is 9.11. The van der Waals surface area contributed by atoms with E-state index in [4.69, 9.17) is 0 Å².